The monoisotopic (exact) mass is 554 g/mol. The molecule has 5 N–H and O–H groups in total. The number of carbonyl (C=O) groups is 2. The highest BCUT2D eigenvalue weighted by molar-refractivity contribution is 6.30. The molecule has 1 amide bonds. The Balaban J connectivity index is 1.68. The van der Waals surface area contributed by atoms with Crippen LogP contribution in [-0.4, -0.2) is 66.0 Å². The zero-order valence-corrected chi connectivity index (χ0v) is 22.2. The maximum absolute atomic E-state index is 11.8. The predicted octanol–water partition coefficient (Wildman–Crippen LogP) is 2.51. The minimum atomic E-state index is -1.27. The highest BCUT2D eigenvalue weighted by Gasteiger charge is 2.41. The molecule has 1 fully saturated rings. The molecule has 2 aromatic heterocycles. The summed E-state index contributed by atoms with van der Waals surface area (Å²) in [6.45, 7) is 0.407. The lowest BCUT2D eigenvalue weighted by Crippen LogP contribution is -2.39. The molecule has 0 saturated heterocycles. The Morgan fingerprint density at radius 2 is 2.05 bits per heavy atom. The SMILES string of the molecule is CNC(=O)CC(O)C(O)[C@@H](C1CC1)n1cnc2c(NCc3cccc(Cl)c3)nc(C#CCCCC(=O)O)nc21. The molecular formula is C27H31ClN6O5. The number of aliphatic hydroxyl groups is 2. The summed E-state index contributed by atoms with van der Waals surface area (Å²) in [5.74, 6) is 5.32. The van der Waals surface area contributed by atoms with Gasteiger partial charge in [0, 0.05) is 31.5 Å². The van der Waals surface area contributed by atoms with Crippen molar-refractivity contribution in [3.05, 3.63) is 47.0 Å². The van der Waals surface area contributed by atoms with Crippen molar-refractivity contribution in [2.75, 3.05) is 12.4 Å². The summed E-state index contributed by atoms with van der Waals surface area (Å²) in [5.41, 5.74) is 1.82. The number of anilines is 1. The lowest BCUT2D eigenvalue weighted by molar-refractivity contribution is -0.137. The molecule has 3 atom stereocenters. The summed E-state index contributed by atoms with van der Waals surface area (Å²) >= 11 is 6.13. The highest BCUT2D eigenvalue weighted by Crippen LogP contribution is 2.43. The van der Waals surface area contributed by atoms with E-state index >= 15 is 0 Å². The van der Waals surface area contributed by atoms with Crippen molar-refractivity contribution in [2.24, 2.45) is 5.92 Å². The van der Waals surface area contributed by atoms with Gasteiger partial charge in [0.25, 0.3) is 0 Å². The van der Waals surface area contributed by atoms with E-state index < -0.39 is 24.2 Å². The summed E-state index contributed by atoms with van der Waals surface area (Å²) in [7, 11) is 1.47. The molecule has 11 nitrogen and oxygen atoms in total. The number of unbranched alkanes of at least 4 members (excludes halogenated alkanes) is 1. The standard InChI is InChI=1S/C27H31ClN6O5/c1-29-21(36)13-19(35)25(39)24(17-10-11-17)34-15-31-23-26(30-14-16-6-5-7-18(28)12-16)32-20(33-27(23)34)8-3-2-4-9-22(37)38/h5-7,12,15,17,19,24-25,35,39H,2,4,9-11,13-14H2,1H3,(H,29,36)(H,37,38)(H,30,32,33)/t19?,24-,25?/m1/s1. The number of nitrogens with one attached hydrogen (secondary N) is 2. The van der Waals surface area contributed by atoms with Gasteiger partial charge in [0.05, 0.1) is 24.9 Å². The minimum absolute atomic E-state index is 0.0210. The number of hydrogen-bond acceptors (Lipinski definition) is 8. The van der Waals surface area contributed by atoms with Gasteiger partial charge in [0.2, 0.25) is 11.7 Å². The van der Waals surface area contributed by atoms with Crippen molar-refractivity contribution in [1.82, 2.24) is 24.8 Å². The summed E-state index contributed by atoms with van der Waals surface area (Å²) in [6.07, 6.45) is 1.33. The number of aromatic nitrogens is 4. The van der Waals surface area contributed by atoms with Crippen molar-refractivity contribution in [3.8, 4) is 11.8 Å². The largest absolute Gasteiger partial charge is 0.481 e. The van der Waals surface area contributed by atoms with Crippen LogP contribution in [0.3, 0.4) is 0 Å². The van der Waals surface area contributed by atoms with Crippen molar-refractivity contribution < 1.29 is 24.9 Å². The first-order chi connectivity index (χ1) is 18.8. The van der Waals surface area contributed by atoms with E-state index in [-0.39, 0.29) is 30.5 Å². The van der Waals surface area contributed by atoms with Crippen molar-refractivity contribution in [2.45, 2.75) is 63.3 Å². The molecule has 2 unspecified atom stereocenters. The number of carboxylic acid groups (broad SMARTS) is 1. The van der Waals surface area contributed by atoms with Crippen LogP contribution in [0.5, 0.6) is 0 Å². The summed E-state index contributed by atoms with van der Waals surface area (Å²) < 4.78 is 1.73. The van der Waals surface area contributed by atoms with Crippen molar-refractivity contribution in [3.63, 3.8) is 0 Å². The number of benzene rings is 1. The van der Waals surface area contributed by atoms with Crippen LogP contribution in [0.2, 0.25) is 5.02 Å². The number of aliphatic hydroxyl groups excluding tert-OH is 2. The quantitative estimate of drug-likeness (QED) is 0.167. The van der Waals surface area contributed by atoms with E-state index in [9.17, 15) is 19.8 Å². The summed E-state index contributed by atoms with van der Waals surface area (Å²) in [4.78, 5) is 36.3. The van der Waals surface area contributed by atoms with Crippen LogP contribution < -0.4 is 10.6 Å². The van der Waals surface area contributed by atoms with Gasteiger partial charge < -0.3 is 30.5 Å². The number of aliphatic carboxylic acids is 1. The molecule has 206 valence electrons. The predicted molar refractivity (Wildman–Crippen MR) is 145 cm³/mol. The summed E-state index contributed by atoms with van der Waals surface area (Å²) in [6, 6.07) is 6.84. The first-order valence-electron chi connectivity index (χ1n) is 12.8. The number of carbonyl (C=O) groups excluding carboxylic acids is 1. The van der Waals surface area contributed by atoms with Crippen molar-refractivity contribution >= 4 is 40.5 Å². The van der Waals surface area contributed by atoms with E-state index in [2.05, 4.69) is 37.4 Å². The smallest absolute Gasteiger partial charge is 0.303 e. The fourth-order valence-electron chi connectivity index (χ4n) is 4.36. The average Bonchev–Trinajstić information content (AvgIpc) is 3.66. The first kappa shape index (κ1) is 28.3. The Kier molecular flexibility index (Phi) is 9.35. The number of nitrogens with zero attached hydrogens (tertiary/aromatic N) is 4. The molecule has 2 heterocycles. The van der Waals surface area contributed by atoms with Gasteiger partial charge in [0.1, 0.15) is 6.10 Å². The van der Waals surface area contributed by atoms with Crippen LogP contribution in [0, 0.1) is 17.8 Å². The van der Waals surface area contributed by atoms with Gasteiger partial charge in [-0.1, -0.05) is 29.7 Å². The number of fused-ring (bicyclic) bond motifs is 1. The van der Waals surface area contributed by atoms with Gasteiger partial charge in [-0.25, -0.2) is 15.0 Å². The number of halogens is 1. The van der Waals surface area contributed by atoms with E-state index in [1.165, 1.54) is 7.05 Å². The van der Waals surface area contributed by atoms with Crippen LogP contribution >= 0.6 is 11.6 Å². The topological polar surface area (TPSA) is 162 Å². The number of rotatable bonds is 12. The average molecular weight is 555 g/mol. The molecule has 3 aromatic rings. The zero-order chi connectivity index (χ0) is 27.9. The molecule has 1 aliphatic rings. The number of carboxylic acids is 1. The maximum atomic E-state index is 11.8. The Morgan fingerprint density at radius 1 is 1.26 bits per heavy atom. The van der Waals surface area contributed by atoms with Gasteiger partial charge >= 0.3 is 5.97 Å². The van der Waals surface area contributed by atoms with E-state index in [1.54, 1.807) is 17.0 Å². The number of amides is 1. The molecule has 1 aromatic carbocycles. The lowest BCUT2D eigenvalue weighted by atomic mass is 9.98. The molecule has 0 spiro atoms. The third-order valence-corrected chi connectivity index (χ3v) is 6.74. The molecule has 4 rings (SSSR count). The minimum Gasteiger partial charge on any atom is -0.481 e. The van der Waals surface area contributed by atoms with Gasteiger partial charge in [0.15, 0.2) is 17.0 Å². The molecule has 12 heteroatoms. The molecular weight excluding hydrogens is 524 g/mol. The van der Waals surface area contributed by atoms with E-state index in [0.29, 0.717) is 41.4 Å². The van der Waals surface area contributed by atoms with Crippen LogP contribution in [0.25, 0.3) is 11.2 Å². The maximum Gasteiger partial charge on any atom is 0.303 e. The Hall–Kier alpha value is -3.72. The van der Waals surface area contributed by atoms with E-state index in [0.717, 1.165) is 18.4 Å². The van der Waals surface area contributed by atoms with Crippen LogP contribution in [0.1, 0.15) is 56.0 Å². The molecule has 1 aliphatic carbocycles. The van der Waals surface area contributed by atoms with E-state index in [4.69, 9.17) is 16.7 Å². The third kappa shape index (κ3) is 7.44. The number of imidazole rings is 1. The van der Waals surface area contributed by atoms with Gasteiger partial charge in [-0.2, -0.15) is 0 Å². The fraction of sp³-hybridized carbons (Fsp3) is 0.444. The molecule has 0 aliphatic heterocycles. The second kappa shape index (κ2) is 12.9. The third-order valence-electron chi connectivity index (χ3n) is 6.51. The summed E-state index contributed by atoms with van der Waals surface area (Å²) in [5, 5.41) is 36.9. The van der Waals surface area contributed by atoms with Crippen molar-refractivity contribution in [1.29, 1.82) is 0 Å². The molecule has 0 bridgehead atoms. The molecule has 0 radical (unpaired) electrons. The van der Waals surface area contributed by atoms with E-state index in [1.807, 2.05) is 18.2 Å². The highest BCUT2D eigenvalue weighted by atomic mass is 35.5. The number of hydrogen-bond donors (Lipinski definition) is 5. The Bertz CT molecular complexity index is 1400. The lowest BCUT2D eigenvalue weighted by Gasteiger charge is -2.28. The van der Waals surface area contributed by atoms with Gasteiger partial charge in [-0.05, 0) is 48.8 Å². The van der Waals surface area contributed by atoms with Crippen LogP contribution in [0.4, 0.5) is 5.82 Å². The second-order valence-electron chi connectivity index (χ2n) is 9.52. The van der Waals surface area contributed by atoms with Crippen LogP contribution in [-0.2, 0) is 16.1 Å². The normalized spacial score (nSPS) is 15.2. The second-order valence-corrected chi connectivity index (χ2v) is 9.95. The fourth-order valence-corrected chi connectivity index (χ4v) is 4.58. The van der Waals surface area contributed by atoms with Gasteiger partial charge in [-0.3, -0.25) is 9.59 Å². The first-order valence-corrected chi connectivity index (χ1v) is 13.1. The Labute approximate surface area is 230 Å². The molecule has 39 heavy (non-hydrogen) atoms. The Morgan fingerprint density at radius 3 is 2.74 bits per heavy atom. The van der Waals surface area contributed by atoms with Gasteiger partial charge in [-0.15, -0.1) is 0 Å². The zero-order valence-electron chi connectivity index (χ0n) is 21.5. The van der Waals surface area contributed by atoms with Crippen LogP contribution in [0.15, 0.2) is 30.6 Å². The molecule has 1 saturated carbocycles.